The lowest BCUT2D eigenvalue weighted by Gasteiger charge is -2.10. The highest BCUT2D eigenvalue weighted by molar-refractivity contribution is 5.83. The first-order valence-electron chi connectivity index (χ1n) is 7.86. The Morgan fingerprint density at radius 1 is 1.22 bits per heavy atom. The van der Waals surface area contributed by atoms with E-state index in [1.165, 1.54) is 36.2 Å². The smallest absolute Gasteiger partial charge is 0.420 e. The van der Waals surface area contributed by atoms with Crippen LogP contribution < -0.4 is 10.6 Å². The van der Waals surface area contributed by atoms with Crippen LogP contribution >= 0.6 is 0 Å². The van der Waals surface area contributed by atoms with Crippen molar-refractivity contribution in [1.82, 2.24) is 20.0 Å². The Labute approximate surface area is 151 Å². The molecule has 3 aromatic heterocycles. The molecule has 0 atom stereocenters. The van der Waals surface area contributed by atoms with Crippen molar-refractivity contribution < 1.29 is 27.2 Å². The molecule has 10 heteroatoms. The number of carbonyl (C=O) groups excluding carboxylic acids is 2. The van der Waals surface area contributed by atoms with E-state index in [1.807, 2.05) is 0 Å². The monoisotopic (exact) mass is 380 g/mol. The van der Waals surface area contributed by atoms with Crippen molar-refractivity contribution in [3.8, 4) is 11.1 Å². The van der Waals surface area contributed by atoms with Crippen LogP contribution in [-0.4, -0.2) is 27.7 Å². The van der Waals surface area contributed by atoms with Crippen LogP contribution in [0.25, 0.3) is 16.8 Å². The van der Waals surface area contributed by atoms with Gasteiger partial charge in [-0.2, -0.15) is 13.2 Å². The number of fused-ring (bicyclic) bond motifs is 1. The van der Waals surface area contributed by atoms with E-state index in [4.69, 9.17) is 4.42 Å². The lowest BCUT2D eigenvalue weighted by Crippen LogP contribution is -2.35. The molecule has 3 heterocycles. The Balaban J connectivity index is 1.89. The van der Waals surface area contributed by atoms with E-state index in [-0.39, 0.29) is 30.3 Å². The molecule has 0 spiro atoms. The van der Waals surface area contributed by atoms with Crippen molar-refractivity contribution >= 4 is 17.5 Å². The zero-order valence-electron chi connectivity index (χ0n) is 14.1. The number of furan rings is 1. The van der Waals surface area contributed by atoms with Gasteiger partial charge in [0, 0.05) is 30.4 Å². The van der Waals surface area contributed by atoms with Gasteiger partial charge in [0.2, 0.25) is 11.8 Å². The largest absolute Gasteiger partial charge is 0.472 e. The van der Waals surface area contributed by atoms with Crippen molar-refractivity contribution in [3.05, 3.63) is 48.3 Å². The highest BCUT2D eigenvalue weighted by atomic mass is 19.4. The summed E-state index contributed by atoms with van der Waals surface area (Å²) in [6.07, 6.45) is 1.04. The second-order valence-corrected chi connectivity index (χ2v) is 5.80. The van der Waals surface area contributed by atoms with Crippen molar-refractivity contribution in [2.45, 2.75) is 19.6 Å². The molecular weight excluding hydrogens is 365 g/mol. The summed E-state index contributed by atoms with van der Waals surface area (Å²) in [4.78, 5) is 26.4. The summed E-state index contributed by atoms with van der Waals surface area (Å²) in [5.41, 5.74) is -0.0811. The summed E-state index contributed by atoms with van der Waals surface area (Å²) in [7, 11) is 0. The number of nitrogens with zero attached hydrogens (tertiary/aromatic N) is 2. The number of rotatable bonds is 5. The van der Waals surface area contributed by atoms with Gasteiger partial charge in [0.25, 0.3) is 0 Å². The molecule has 2 N–H and O–H groups in total. The van der Waals surface area contributed by atoms with Crippen LogP contribution in [-0.2, 0) is 22.3 Å². The number of pyridine rings is 1. The van der Waals surface area contributed by atoms with E-state index >= 15 is 0 Å². The number of imidazole rings is 1. The van der Waals surface area contributed by atoms with Gasteiger partial charge in [0.1, 0.15) is 5.65 Å². The third-order valence-corrected chi connectivity index (χ3v) is 3.73. The van der Waals surface area contributed by atoms with Crippen LogP contribution in [0, 0.1) is 0 Å². The molecule has 3 aromatic rings. The molecule has 0 aromatic carbocycles. The topological polar surface area (TPSA) is 88.6 Å². The molecule has 0 saturated heterocycles. The molecule has 142 valence electrons. The summed E-state index contributed by atoms with van der Waals surface area (Å²) in [5.74, 6) is -0.836. The minimum Gasteiger partial charge on any atom is -0.472 e. The zero-order valence-corrected chi connectivity index (χ0v) is 14.1. The van der Waals surface area contributed by atoms with Crippen LogP contribution in [0.3, 0.4) is 0 Å². The first-order chi connectivity index (χ1) is 12.7. The second kappa shape index (κ2) is 7.14. The highest BCUT2D eigenvalue weighted by Crippen LogP contribution is 2.35. The predicted octanol–water partition coefficient (Wildman–Crippen LogP) is 2.37. The van der Waals surface area contributed by atoms with Gasteiger partial charge in [0.05, 0.1) is 36.9 Å². The van der Waals surface area contributed by atoms with Crippen molar-refractivity contribution in [2.75, 3.05) is 6.54 Å². The van der Waals surface area contributed by atoms with Gasteiger partial charge in [-0.15, -0.1) is 0 Å². The fourth-order valence-corrected chi connectivity index (χ4v) is 2.49. The van der Waals surface area contributed by atoms with E-state index in [0.29, 0.717) is 11.1 Å². The van der Waals surface area contributed by atoms with E-state index < -0.39 is 17.6 Å². The molecule has 0 radical (unpaired) electrons. The maximum Gasteiger partial charge on any atom is 0.420 e. The lowest BCUT2D eigenvalue weighted by molar-refractivity contribution is -0.136. The van der Waals surface area contributed by atoms with E-state index in [2.05, 4.69) is 15.6 Å². The number of hydrogen-bond donors (Lipinski definition) is 2. The normalized spacial score (nSPS) is 11.6. The summed E-state index contributed by atoms with van der Waals surface area (Å²) >= 11 is 0. The lowest BCUT2D eigenvalue weighted by atomic mass is 10.1. The molecule has 3 rings (SSSR count). The van der Waals surface area contributed by atoms with E-state index in [1.54, 1.807) is 6.07 Å². The van der Waals surface area contributed by atoms with Crippen LogP contribution in [0.4, 0.5) is 13.2 Å². The molecule has 0 saturated carbocycles. The number of alkyl halides is 3. The van der Waals surface area contributed by atoms with Crippen molar-refractivity contribution in [1.29, 1.82) is 0 Å². The number of amides is 2. The first kappa shape index (κ1) is 18.5. The molecule has 2 amide bonds. The molecule has 0 aliphatic carbocycles. The van der Waals surface area contributed by atoms with Crippen LogP contribution in [0.2, 0.25) is 0 Å². The van der Waals surface area contributed by atoms with Crippen LogP contribution in [0.5, 0.6) is 0 Å². The molecular formula is C17H15F3N4O3. The number of carbonyl (C=O) groups is 2. The fourth-order valence-electron chi connectivity index (χ4n) is 2.49. The number of hydrogen-bond acceptors (Lipinski definition) is 4. The maximum atomic E-state index is 13.5. The van der Waals surface area contributed by atoms with Crippen molar-refractivity contribution in [2.24, 2.45) is 0 Å². The Bertz CT molecular complexity index is 977. The van der Waals surface area contributed by atoms with Gasteiger partial charge in [-0.25, -0.2) is 4.98 Å². The van der Waals surface area contributed by atoms with E-state index in [9.17, 15) is 22.8 Å². The fraction of sp³-hybridized carbons (Fsp3) is 0.235. The molecule has 0 bridgehead atoms. The molecule has 0 aliphatic heterocycles. The number of halogens is 3. The Morgan fingerprint density at radius 2 is 2.00 bits per heavy atom. The van der Waals surface area contributed by atoms with Gasteiger partial charge >= 0.3 is 6.18 Å². The minimum atomic E-state index is -4.60. The molecule has 7 nitrogen and oxygen atoms in total. The summed E-state index contributed by atoms with van der Waals surface area (Å²) in [5, 5.41) is 4.82. The van der Waals surface area contributed by atoms with E-state index in [0.717, 1.165) is 6.07 Å². The average molecular weight is 380 g/mol. The molecule has 0 aliphatic rings. The third kappa shape index (κ3) is 4.27. The second-order valence-electron chi connectivity index (χ2n) is 5.80. The Hall–Kier alpha value is -3.30. The third-order valence-electron chi connectivity index (χ3n) is 3.73. The molecule has 0 unspecified atom stereocenters. The highest BCUT2D eigenvalue weighted by Gasteiger charge is 2.34. The van der Waals surface area contributed by atoms with Crippen molar-refractivity contribution in [3.63, 3.8) is 0 Å². The standard InChI is InChI=1S/C17H15F3N4O3/c1-10(25)21-6-15(26)22-5-13-8-24-7-12(11-2-3-27-9-11)4-14(16(24)23-13)17(18,19)20/h2-4,7-9H,5-6H2,1H3,(H,21,25)(H,22,26). The Morgan fingerprint density at radius 3 is 2.63 bits per heavy atom. The number of nitrogens with one attached hydrogen (secondary N) is 2. The number of aromatic nitrogens is 2. The zero-order chi connectivity index (χ0) is 19.6. The predicted molar refractivity (Wildman–Crippen MR) is 88.4 cm³/mol. The minimum absolute atomic E-state index is 0.0710. The SMILES string of the molecule is CC(=O)NCC(=O)NCc1cn2cc(-c3ccoc3)cc(C(F)(F)F)c2n1. The van der Waals surface area contributed by atoms with Gasteiger partial charge in [-0.1, -0.05) is 0 Å². The quantitative estimate of drug-likeness (QED) is 0.711. The molecule has 27 heavy (non-hydrogen) atoms. The average Bonchev–Trinajstić information content (AvgIpc) is 3.25. The first-order valence-corrected chi connectivity index (χ1v) is 7.86. The summed E-state index contributed by atoms with van der Waals surface area (Å²) in [6, 6.07) is 2.56. The van der Waals surface area contributed by atoms with Gasteiger partial charge in [-0.3, -0.25) is 9.59 Å². The van der Waals surface area contributed by atoms with Gasteiger partial charge in [-0.05, 0) is 12.1 Å². The summed E-state index contributed by atoms with van der Waals surface area (Å²) in [6.45, 7) is 0.977. The van der Waals surface area contributed by atoms with Gasteiger partial charge < -0.3 is 19.5 Å². The van der Waals surface area contributed by atoms with Gasteiger partial charge in [0.15, 0.2) is 0 Å². The van der Waals surface area contributed by atoms with Crippen LogP contribution in [0.15, 0.2) is 41.5 Å². The molecule has 0 fully saturated rings. The maximum absolute atomic E-state index is 13.5. The Kier molecular flexibility index (Phi) is 4.89. The van der Waals surface area contributed by atoms with Crippen LogP contribution in [0.1, 0.15) is 18.2 Å². The summed E-state index contributed by atoms with van der Waals surface area (Å²) < 4.78 is 46.6.